The molecule has 216 valence electrons. The van der Waals surface area contributed by atoms with Crippen molar-refractivity contribution in [1.29, 1.82) is 0 Å². The number of anilines is 2. The summed E-state index contributed by atoms with van der Waals surface area (Å²) in [5.41, 5.74) is 1.58. The number of H-pyrrole nitrogens is 1. The third-order valence-corrected chi connectivity index (χ3v) is 6.81. The molecule has 15 heteroatoms. The van der Waals surface area contributed by atoms with Crippen molar-refractivity contribution < 1.29 is 31.1 Å². The molecule has 0 bridgehead atoms. The molecule has 0 saturated carbocycles. The fourth-order valence-electron chi connectivity index (χ4n) is 4.65. The summed E-state index contributed by atoms with van der Waals surface area (Å²) in [6.45, 7) is 3.25. The first-order valence-electron chi connectivity index (χ1n) is 12.6. The first-order valence-corrected chi connectivity index (χ1v) is 12.6. The van der Waals surface area contributed by atoms with E-state index in [9.17, 15) is 31.1 Å². The minimum Gasteiger partial charge on any atom is -0.340 e. The third kappa shape index (κ3) is 6.73. The predicted molar refractivity (Wildman–Crippen MR) is 137 cm³/mol. The highest BCUT2D eigenvalue weighted by Crippen LogP contribution is 2.31. The molecule has 41 heavy (non-hydrogen) atoms. The Morgan fingerprint density at radius 3 is 2.46 bits per heavy atom. The van der Waals surface area contributed by atoms with Crippen LogP contribution in [0.15, 0.2) is 48.9 Å². The summed E-state index contributed by atoms with van der Waals surface area (Å²) >= 11 is 0. The van der Waals surface area contributed by atoms with Gasteiger partial charge in [0.15, 0.2) is 0 Å². The van der Waals surface area contributed by atoms with Crippen molar-refractivity contribution in [1.82, 2.24) is 34.7 Å². The number of carbonyl (C=O) groups excluding carboxylic acids is 1. The van der Waals surface area contributed by atoms with Gasteiger partial charge in [-0.2, -0.15) is 26.3 Å². The number of imidazole rings is 1. The Bertz CT molecular complexity index is 1550. The van der Waals surface area contributed by atoms with Crippen LogP contribution in [0.25, 0.3) is 22.3 Å². The van der Waals surface area contributed by atoms with Crippen molar-refractivity contribution in [3.05, 3.63) is 60.2 Å². The van der Waals surface area contributed by atoms with Gasteiger partial charge < -0.3 is 15.2 Å². The summed E-state index contributed by atoms with van der Waals surface area (Å²) in [5, 5.41) is 3.09. The number of aromatic amines is 1. The van der Waals surface area contributed by atoms with Crippen molar-refractivity contribution in [3.8, 4) is 11.3 Å². The highest BCUT2D eigenvalue weighted by molar-refractivity contribution is 5.83. The van der Waals surface area contributed by atoms with E-state index in [2.05, 4.69) is 35.1 Å². The summed E-state index contributed by atoms with van der Waals surface area (Å²) in [4.78, 5) is 34.3. The van der Waals surface area contributed by atoms with Crippen LogP contribution in [0.3, 0.4) is 0 Å². The Labute approximate surface area is 229 Å². The van der Waals surface area contributed by atoms with Crippen LogP contribution in [0.4, 0.5) is 38.1 Å². The molecule has 3 aromatic heterocycles. The van der Waals surface area contributed by atoms with Crippen LogP contribution in [-0.4, -0.2) is 73.0 Å². The fraction of sp³-hybridized carbons (Fsp3) is 0.346. The van der Waals surface area contributed by atoms with E-state index in [1.54, 1.807) is 24.4 Å². The number of carbonyl (C=O) groups is 1. The van der Waals surface area contributed by atoms with E-state index in [0.29, 0.717) is 41.5 Å². The van der Waals surface area contributed by atoms with Crippen LogP contribution in [0.5, 0.6) is 0 Å². The van der Waals surface area contributed by atoms with Gasteiger partial charge in [-0.25, -0.2) is 19.9 Å². The first-order chi connectivity index (χ1) is 19.4. The largest absolute Gasteiger partial charge is 0.433 e. The van der Waals surface area contributed by atoms with Crippen LogP contribution in [0, 0.1) is 0 Å². The summed E-state index contributed by atoms with van der Waals surface area (Å²) in [6.07, 6.45) is -8.08. The van der Waals surface area contributed by atoms with Gasteiger partial charge in [-0.15, -0.1) is 0 Å². The van der Waals surface area contributed by atoms with Gasteiger partial charge in [0.1, 0.15) is 24.3 Å². The van der Waals surface area contributed by atoms with Crippen molar-refractivity contribution in [2.75, 3.05) is 31.5 Å². The van der Waals surface area contributed by atoms with E-state index < -0.39 is 30.4 Å². The second kappa shape index (κ2) is 11.0. The maximum Gasteiger partial charge on any atom is 0.433 e. The summed E-state index contributed by atoms with van der Waals surface area (Å²) in [6, 6.07) is 9.36. The lowest BCUT2D eigenvalue weighted by atomic mass is 10.1. The Hall–Kier alpha value is -4.27. The minimum atomic E-state index is -4.59. The number of hydrogen-bond acceptors (Lipinski definition) is 7. The van der Waals surface area contributed by atoms with E-state index in [0.717, 1.165) is 18.0 Å². The quantitative estimate of drug-likeness (QED) is 0.298. The molecule has 1 saturated heterocycles. The molecule has 1 aliphatic rings. The molecule has 0 spiro atoms. The number of alkyl halides is 6. The molecule has 1 amide bonds. The Balaban J connectivity index is 1.26. The molecular weight excluding hydrogens is 554 g/mol. The number of amides is 1. The van der Waals surface area contributed by atoms with Gasteiger partial charge in [0.25, 0.3) is 0 Å². The van der Waals surface area contributed by atoms with Gasteiger partial charge in [-0.05, 0) is 42.8 Å². The topological polar surface area (TPSA) is 103 Å². The number of nitrogens with one attached hydrogen (secondary N) is 2. The smallest absolute Gasteiger partial charge is 0.340 e. The molecule has 1 aliphatic heterocycles. The molecule has 0 unspecified atom stereocenters. The number of piperazine rings is 1. The molecule has 4 heterocycles. The maximum absolute atomic E-state index is 13.1. The highest BCUT2D eigenvalue weighted by Gasteiger charge is 2.35. The van der Waals surface area contributed by atoms with Crippen molar-refractivity contribution in [2.24, 2.45) is 0 Å². The van der Waals surface area contributed by atoms with E-state index in [1.807, 2.05) is 19.1 Å². The maximum atomic E-state index is 13.1. The van der Waals surface area contributed by atoms with Crippen molar-refractivity contribution >= 4 is 28.7 Å². The number of aromatic nitrogens is 5. The van der Waals surface area contributed by atoms with Gasteiger partial charge in [0, 0.05) is 44.0 Å². The number of nitrogens with zero attached hydrogens (tertiary/aromatic N) is 6. The lowest BCUT2D eigenvalue weighted by molar-refractivity contribution is -0.162. The van der Waals surface area contributed by atoms with Crippen LogP contribution >= 0.6 is 0 Å². The summed E-state index contributed by atoms with van der Waals surface area (Å²) < 4.78 is 76.8. The molecule has 0 aliphatic carbocycles. The van der Waals surface area contributed by atoms with Gasteiger partial charge in [0.2, 0.25) is 11.9 Å². The molecule has 1 fully saturated rings. The molecule has 5 rings (SSSR count). The first kappa shape index (κ1) is 28.3. The normalized spacial score (nSPS) is 15.7. The zero-order chi connectivity index (χ0) is 29.4. The average Bonchev–Trinajstić information content (AvgIpc) is 3.33. The number of halogens is 6. The number of pyridine rings is 1. The monoisotopic (exact) mass is 578 g/mol. The predicted octanol–water partition coefficient (Wildman–Crippen LogP) is 5.33. The van der Waals surface area contributed by atoms with Crippen LogP contribution < -0.4 is 5.32 Å². The fourth-order valence-corrected chi connectivity index (χ4v) is 4.65. The van der Waals surface area contributed by atoms with Crippen molar-refractivity contribution in [3.63, 3.8) is 0 Å². The lowest BCUT2D eigenvalue weighted by Crippen LogP contribution is -2.50. The van der Waals surface area contributed by atoms with Gasteiger partial charge in [0.05, 0.1) is 16.7 Å². The second-order valence-electron chi connectivity index (χ2n) is 9.59. The van der Waals surface area contributed by atoms with E-state index >= 15 is 0 Å². The molecule has 4 aromatic rings. The number of benzene rings is 1. The number of hydrogen-bond donors (Lipinski definition) is 2. The molecule has 9 nitrogen and oxygen atoms in total. The summed E-state index contributed by atoms with van der Waals surface area (Å²) in [5.74, 6) is -0.0654. The number of rotatable bonds is 6. The van der Waals surface area contributed by atoms with Crippen LogP contribution in [0.1, 0.15) is 30.6 Å². The minimum absolute atomic E-state index is 0.0916. The Kier molecular flexibility index (Phi) is 7.55. The Morgan fingerprint density at radius 2 is 1.76 bits per heavy atom. The van der Waals surface area contributed by atoms with Crippen LogP contribution in [0.2, 0.25) is 0 Å². The second-order valence-corrected chi connectivity index (χ2v) is 9.59. The molecule has 1 aromatic carbocycles. The van der Waals surface area contributed by atoms with E-state index in [1.165, 1.54) is 4.90 Å². The van der Waals surface area contributed by atoms with Gasteiger partial charge in [-0.1, -0.05) is 6.07 Å². The molecule has 0 radical (unpaired) electrons. The van der Waals surface area contributed by atoms with Crippen LogP contribution in [-0.2, 0) is 11.0 Å². The lowest BCUT2D eigenvalue weighted by Gasteiger charge is -2.38. The molecule has 1 atom stereocenters. The zero-order valence-electron chi connectivity index (χ0n) is 21.6. The highest BCUT2D eigenvalue weighted by atomic mass is 19.4. The van der Waals surface area contributed by atoms with Crippen molar-refractivity contribution in [2.45, 2.75) is 31.7 Å². The SMILES string of the molecule is C[C@@H](c1ccnc(Nc2nc3ccc(-c4cc(C(F)(F)F)ncn4)cc3[nH]2)c1)N1CCN(C(=O)CC(F)(F)F)CC1. The summed E-state index contributed by atoms with van der Waals surface area (Å²) in [7, 11) is 0. The molecule has 2 N–H and O–H groups in total. The Morgan fingerprint density at radius 1 is 1.00 bits per heavy atom. The van der Waals surface area contributed by atoms with E-state index in [-0.39, 0.29) is 24.8 Å². The standard InChI is InChI=1S/C26H24F6N8O/c1-15(39-6-8-40(9-7-39)23(41)13-25(27,28)29)16-4-5-33-22(11-16)38-24-36-18-3-2-17(10-20(18)37-24)19-12-21(26(30,31)32)35-14-34-19/h2-5,10-12,14-15H,6-9,13H2,1H3,(H2,33,36,37,38)/t15-/m0/s1. The zero-order valence-corrected chi connectivity index (χ0v) is 21.6. The average molecular weight is 579 g/mol. The van der Waals surface area contributed by atoms with Gasteiger partial charge in [-0.3, -0.25) is 9.69 Å². The molecular formula is C26H24F6N8O. The van der Waals surface area contributed by atoms with E-state index in [4.69, 9.17) is 0 Å². The number of fused-ring (bicyclic) bond motifs is 1. The third-order valence-electron chi connectivity index (χ3n) is 6.81. The van der Waals surface area contributed by atoms with Gasteiger partial charge >= 0.3 is 12.4 Å².